The van der Waals surface area contributed by atoms with E-state index in [9.17, 15) is 9.59 Å². The van der Waals surface area contributed by atoms with Crippen LogP contribution in [-0.4, -0.2) is 36.5 Å². The maximum absolute atomic E-state index is 12.3. The summed E-state index contributed by atoms with van der Waals surface area (Å²) in [4.78, 5) is 25.5. The maximum Gasteiger partial charge on any atom is 0.317 e. The maximum atomic E-state index is 12.3. The number of nitrogens with zero attached hydrogens (tertiary/aromatic N) is 1. The van der Waals surface area contributed by atoms with Crippen molar-refractivity contribution < 1.29 is 9.59 Å². The van der Waals surface area contributed by atoms with Crippen LogP contribution in [0.25, 0.3) is 0 Å². The van der Waals surface area contributed by atoms with Gasteiger partial charge in [0.1, 0.15) is 0 Å². The molecule has 1 saturated heterocycles. The van der Waals surface area contributed by atoms with Crippen molar-refractivity contribution >= 4 is 11.9 Å². The van der Waals surface area contributed by atoms with E-state index in [4.69, 9.17) is 0 Å². The Balaban J connectivity index is 1.77. The Kier molecular flexibility index (Phi) is 6.44. The molecule has 1 aromatic carbocycles. The number of piperidine rings is 1. The molecule has 1 atom stereocenters. The average molecular weight is 317 g/mol. The molecule has 1 fully saturated rings. The lowest BCUT2D eigenvalue weighted by Crippen LogP contribution is -2.47. The van der Waals surface area contributed by atoms with Crippen molar-refractivity contribution in [1.29, 1.82) is 0 Å². The zero-order chi connectivity index (χ0) is 16.7. The van der Waals surface area contributed by atoms with Crippen molar-refractivity contribution in [3.05, 3.63) is 35.4 Å². The molecule has 5 nitrogen and oxygen atoms in total. The van der Waals surface area contributed by atoms with Crippen molar-refractivity contribution in [3.8, 4) is 0 Å². The van der Waals surface area contributed by atoms with Gasteiger partial charge in [-0.25, -0.2) is 4.79 Å². The van der Waals surface area contributed by atoms with E-state index in [-0.39, 0.29) is 11.9 Å². The lowest BCUT2D eigenvalue weighted by molar-refractivity contribution is -0.121. The number of benzene rings is 1. The Morgan fingerprint density at radius 1 is 1.22 bits per heavy atom. The predicted molar refractivity (Wildman–Crippen MR) is 91.0 cm³/mol. The number of amides is 3. The van der Waals surface area contributed by atoms with Gasteiger partial charge in [-0.15, -0.1) is 0 Å². The van der Waals surface area contributed by atoms with E-state index in [1.54, 1.807) is 0 Å². The lowest BCUT2D eigenvalue weighted by atomic mass is 9.98. The number of aryl methyl sites for hydroxylation is 1. The Bertz CT molecular complexity index is 528. The number of urea groups is 1. The first-order valence-corrected chi connectivity index (χ1v) is 8.43. The van der Waals surface area contributed by atoms with Crippen LogP contribution in [-0.2, 0) is 11.3 Å². The largest absolute Gasteiger partial charge is 0.356 e. The van der Waals surface area contributed by atoms with E-state index in [2.05, 4.69) is 22.8 Å². The van der Waals surface area contributed by atoms with Gasteiger partial charge >= 0.3 is 6.03 Å². The number of rotatable bonds is 5. The van der Waals surface area contributed by atoms with Crippen LogP contribution >= 0.6 is 0 Å². The molecule has 0 aliphatic carbocycles. The minimum absolute atomic E-state index is 0.0166. The van der Waals surface area contributed by atoms with Gasteiger partial charge in [0.15, 0.2) is 0 Å². The van der Waals surface area contributed by atoms with Crippen molar-refractivity contribution in [2.45, 2.75) is 39.7 Å². The summed E-state index contributed by atoms with van der Waals surface area (Å²) in [6.45, 7) is 6.61. The van der Waals surface area contributed by atoms with Gasteiger partial charge in [0.05, 0.1) is 0 Å². The van der Waals surface area contributed by atoms with E-state index in [0.717, 1.165) is 24.9 Å². The summed E-state index contributed by atoms with van der Waals surface area (Å²) >= 11 is 0. The third-order valence-electron chi connectivity index (χ3n) is 4.28. The molecule has 1 aliphatic rings. The molecular formula is C18H27N3O2. The number of carbonyl (C=O) groups excluding carboxylic acids is 2. The topological polar surface area (TPSA) is 61.4 Å². The molecule has 0 saturated carbocycles. The van der Waals surface area contributed by atoms with Crippen molar-refractivity contribution in [2.24, 2.45) is 5.92 Å². The summed E-state index contributed by atoms with van der Waals surface area (Å²) in [5, 5.41) is 5.91. The summed E-state index contributed by atoms with van der Waals surface area (Å²) in [6.07, 6.45) is 2.56. The molecule has 1 aliphatic heterocycles. The third-order valence-corrected chi connectivity index (χ3v) is 4.28. The first-order valence-electron chi connectivity index (χ1n) is 8.43. The summed E-state index contributed by atoms with van der Waals surface area (Å²) in [6, 6.07) is 8.16. The van der Waals surface area contributed by atoms with Gasteiger partial charge in [-0.05, 0) is 31.2 Å². The molecule has 0 aromatic heterocycles. The molecule has 126 valence electrons. The van der Waals surface area contributed by atoms with Crippen LogP contribution in [0.15, 0.2) is 24.3 Å². The van der Waals surface area contributed by atoms with E-state index >= 15 is 0 Å². The Morgan fingerprint density at radius 3 is 2.65 bits per heavy atom. The van der Waals surface area contributed by atoms with Gasteiger partial charge in [0, 0.05) is 32.6 Å². The second-order valence-corrected chi connectivity index (χ2v) is 6.26. The molecule has 2 rings (SSSR count). The Hall–Kier alpha value is -2.04. The molecule has 5 heteroatoms. The molecule has 2 N–H and O–H groups in total. The average Bonchev–Trinajstić information content (AvgIpc) is 2.59. The van der Waals surface area contributed by atoms with Gasteiger partial charge in [-0.1, -0.05) is 36.8 Å². The molecule has 1 aromatic rings. The molecule has 1 unspecified atom stereocenters. The quantitative estimate of drug-likeness (QED) is 0.876. The normalized spacial score (nSPS) is 17.7. The molecule has 1 heterocycles. The lowest BCUT2D eigenvalue weighted by Gasteiger charge is -2.32. The van der Waals surface area contributed by atoms with E-state index < -0.39 is 0 Å². The minimum Gasteiger partial charge on any atom is -0.356 e. The first-order chi connectivity index (χ1) is 11.1. The van der Waals surface area contributed by atoms with Crippen molar-refractivity contribution in [1.82, 2.24) is 15.5 Å². The highest BCUT2D eigenvalue weighted by molar-refractivity contribution is 5.75. The second-order valence-electron chi connectivity index (χ2n) is 6.26. The van der Waals surface area contributed by atoms with Crippen LogP contribution in [0.3, 0.4) is 0 Å². The van der Waals surface area contributed by atoms with Gasteiger partial charge < -0.3 is 15.5 Å². The van der Waals surface area contributed by atoms with Crippen molar-refractivity contribution in [3.63, 3.8) is 0 Å². The van der Waals surface area contributed by atoms with E-state index in [0.29, 0.717) is 32.0 Å². The minimum atomic E-state index is -0.0166. The van der Waals surface area contributed by atoms with E-state index in [1.807, 2.05) is 30.9 Å². The number of carbonyl (C=O) groups is 2. The van der Waals surface area contributed by atoms with Crippen LogP contribution < -0.4 is 10.6 Å². The standard InChI is InChI=1S/C18H27N3O2/c1-3-17(22)19-12-16-5-4-10-21(13-16)18(23)20-11-15-8-6-14(2)7-9-15/h6-9,16H,3-5,10-13H2,1-2H3,(H,19,22)(H,20,23). The number of hydrogen-bond acceptors (Lipinski definition) is 2. The predicted octanol–water partition coefficient (Wildman–Crippen LogP) is 2.44. The SMILES string of the molecule is CCC(=O)NCC1CCCN(C(=O)NCc2ccc(C)cc2)C1. The summed E-state index contributed by atoms with van der Waals surface area (Å²) in [7, 11) is 0. The number of hydrogen-bond donors (Lipinski definition) is 2. The van der Waals surface area contributed by atoms with Crippen LogP contribution in [0.5, 0.6) is 0 Å². The molecule has 0 spiro atoms. The fourth-order valence-corrected chi connectivity index (χ4v) is 2.79. The van der Waals surface area contributed by atoms with Crippen LogP contribution in [0.2, 0.25) is 0 Å². The first kappa shape index (κ1) is 17.3. The third kappa shape index (κ3) is 5.58. The molecular weight excluding hydrogens is 290 g/mol. The highest BCUT2D eigenvalue weighted by atomic mass is 16.2. The molecule has 3 amide bonds. The fourth-order valence-electron chi connectivity index (χ4n) is 2.79. The van der Waals surface area contributed by atoms with Crippen LogP contribution in [0, 0.1) is 12.8 Å². The summed E-state index contributed by atoms with van der Waals surface area (Å²) in [5.74, 6) is 0.426. The van der Waals surface area contributed by atoms with Gasteiger partial charge in [0.2, 0.25) is 5.91 Å². The fraction of sp³-hybridized carbons (Fsp3) is 0.556. The monoisotopic (exact) mass is 317 g/mol. The molecule has 23 heavy (non-hydrogen) atoms. The smallest absolute Gasteiger partial charge is 0.317 e. The van der Waals surface area contributed by atoms with Gasteiger partial charge in [-0.3, -0.25) is 4.79 Å². The number of nitrogens with one attached hydrogen (secondary N) is 2. The summed E-state index contributed by atoms with van der Waals surface area (Å²) < 4.78 is 0. The Labute approximate surface area is 138 Å². The van der Waals surface area contributed by atoms with Gasteiger partial charge in [0.25, 0.3) is 0 Å². The zero-order valence-electron chi connectivity index (χ0n) is 14.1. The Morgan fingerprint density at radius 2 is 1.96 bits per heavy atom. The number of likely N-dealkylation sites (tertiary alicyclic amines) is 1. The second kappa shape index (κ2) is 8.56. The van der Waals surface area contributed by atoms with Gasteiger partial charge in [-0.2, -0.15) is 0 Å². The molecule has 0 radical (unpaired) electrons. The molecule has 0 bridgehead atoms. The summed E-state index contributed by atoms with van der Waals surface area (Å²) in [5.41, 5.74) is 2.32. The highest BCUT2D eigenvalue weighted by Crippen LogP contribution is 2.16. The van der Waals surface area contributed by atoms with Crippen LogP contribution in [0.1, 0.15) is 37.3 Å². The van der Waals surface area contributed by atoms with Crippen molar-refractivity contribution in [2.75, 3.05) is 19.6 Å². The zero-order valence-corrected chi connectivity index (χ0v) is 14.1. The van der Waals surface area contributed by atoms with E-state index in [1.165, 1.54) is 5.56 Å². The highest BCUT2D eigenvalue weighted by Gasteiger charge is 2.23. The van der Waals surface area contributed by atoms with Crippen LogP contribution in [0.4, 0.5) is 4.79 Å².